The Bertz CT molecular complexity index is 1290. The van der Waals surface area contributed by atoms with Crippen LogP contribution in [0, 0.1) is 0 Å². The van der Waals surface area contributed by atoms with Crippen molar-refractivity contribution in [1.82, 2.24) is 4.98 Å². The van der Waals surface area contributed by atoms with Gasteiger partial charge in [0.1, 0.15) is 10.6 Å². The first-order valence-corrected chi connectivity index (χ1v) is 14.6. The van der Waals surface area contributed by atoms with Crippen molar-refractivity contribution in [1.29, 1.82) is 0 Å². The molecule has 2 aromatic carbocycles. The lowest BCUT2D eigenvalue weighted by Gasteiger charge is -2.16. The number of H-pyrrole nitrogens is 1. The van der Waals surface area contributed by atoms with Crippen LogP contribution < -0.4 is 11.5 Å². The van der Waals surface area contributed by atoms with Crippen molar-refractivity contribution in [3.05, 3.63) is 68.0 Å². The SMILES string of the molecule is NC1CCOC1.NC1CCOCC1.O=C(O)c1cc2ccc(Br)cc2[nH]1.O=C(O)c1cc2ccc(Br)cc2s1. The van der Waals surface area contributed by atoms with Crippen LogP contribution in [-0.4, -0.2) is 65.6 Å². The van der Waals surface area contributed by atoms with Crippen LogP contribution in [0.4, 0.5) is 0 Å². The van der Waals surface area contributed by atoms with Crippen LogP contribution >= 0.6 is 43.2 Å². The van der Waals surface area contributed by atoms with Gasteiger partial charge in [0.25, 0.3) is 0 Å². The topological polar surface area (TPSA) is 161 Å². The summed E-state index contributed by atoms with van der Waals surface area (Å²) in [6.07, 6.45) is 3.12. The van der Waals surface area contributed by atoms with Gasteiger partial charge < -0.3 is 36.1 Å². The second-order valence-corrected chi connectivity index (χ2v) is 11.8. The fourth-order valence-electron chi connectivity index (χ4n) is 3.59. The highest BCUT2D eigenvalue weighted by Gasteiger charge is 2.09. The summed E-state index contributed by atoms with van der Waals surface area (Å²) in [5, 5.41) is 19.3. The maximum Gasteiger partial charge on any atom is 0.352 e. The molecule has 7 N–H and O–H groups in total. The van der Waals surface area contributed by atoms with Gasteiger partial charge in [-0.1, -0.05) is 44.0 Å². The number of thiophene rings is 1. The second-order valence-electron chi connectivity index (χ2n) is 8.89. The van der Waals surface area contributed by atoms with E-state index in [0.717, 1.165) is 75.6 Å². The maximum absolute atomic E-state index is 10.7. The molecule has 2 aliphatic rings. The van der Waals surface area contributed by atoms with Crippen molar-refractivity contribution in [3.63, 3.8) is 0 Å². The average molecular weight is 685 g/mol. The van der Waals surface area contributed by atoms with E-state index in [2.05, 4.69) is 36.8 Å². The van der Waals surface area contributed by atoms with Crippen molar-refractivity contribution in [3.8, 4) is 0 Å². The smallest absolute Gasteiger partial charge is 0.352 e. The predicted octanol–water partition coefficient (Wildman–Crippen LogP) is 5.85. The van der Waals surface area contributed by atoms with Crippen molar-refractivity contribution < 1.29 is 29.3 Å². The lowest BCUT2D eigenvalue weighted by atomic mass is 10.1. The Morgan fingerprint density at radius 1 is 0.821 bits per heavy atom. The molecule has 1 unspecified atom stereocenters. The number of aromatic amines is 1. The first-order valence-electron chi connectivity index (χ1n) is 12.2. The van der Waals surface area contributed by atoms with E-state index in [1.165, 1.54) is 11.3 Å². The molecule has 4 heterocycles. The third-order valence-corrected chi connectivity index (χ3v) is 7.81. The third-order valence-electron chi connectivity index (χ3n) is 5.74. The van der Waals surface area contributed by atoms with Gasteiger partial charge in [-0.05, 0) is 61.0 Å². The fourth-order valence-corrected chi connectivity index (χ4v) is 5.41. The predicted molar refractivity (Wildman–Crippen MR) is 161 cm³/mol. The van der Waals surface area contributed by atoms with Crippen molar-refractivity contribution in [2.24, 2.45) is 11.5 Å². The zero-order valence-electron chi connectivity index (χ0n) is 21.1. The molecule has 2 saturated heterocycles. The Morgan fingerprint density at radius 3 is 1.95 bits per heavy atom. The molecule has 12 heteroatoms. The van der Waals surface area contributed by atoms with Gasteiger partial charge in [-0.15, -0.1) is 11.3 Å². The standard InChI is InChI=1S/C9H6BrNO2.C9H5BrO2S.C5H11NO.C4H9NO/c10-6-2-1-5-3-8(9(12)13)11-7(5)4-6;10-6-2-1-5-3-8(9(11)12)13-7(5)4-6;6-5-1-3-7-4-2-5;5-4-1-2-6-3-4/h1-4,11H,(H,12,13);1-4H,(H,11,12);5H,1-4,6H2;4H,1-3,5H2. The molecule has 2 aromatic heterocycles. The highest BCUT2D eigenvalue weighted by molar-refractivity contribution is 9.10. The van der Waals surface area contributed by atoms with Crippen LogP contribution in [0.15, 0.2) is 57.5 Å². The zero-order valence-corrected chi connectivity index (χ0v) is 25.1. The van der Waals surface area contributed by atoms with Crippen molar-refractivity contribution >= 4 is 76.1 Å². The molecule has 2 fully saturated rings. The molecule has 9 nitrogen and oxygen atoms in total. The van der Waals surface area contributed by atoms with Crippen LogP contribution in [0.3, 0.4) is 0 Å². The Morgan fingerprint density at radius 2 is 1.44 bits per heavy atom. The highest BCUT2D eigenvalue weighted by Crippen LogP contribution is 2.28. The summed E-state index contributed by atoms with van der Waals surface area (Å²) in [7, 11) is 0. The zero-order chi connectivity index (χ0) is 28.4. The van der Waals surface area contributed by atoms with E-state index in [1.54, 1.807) is 12.1 Å². The van der Waals surface area contributed by atoms with Crippen LogP contribution in [-0.2, 0) is 9.47 Å². The van der Waals surface area contributed by atoms with Gasteiger partial charge in [-0.2, -0.15) is 0 Å². The normalized spacial score (nSPS) is 16.9. The van der Waals surface area contributed by atoms with E-state index >= 15 is 0 Å². The molecule has 39 heavy (non-hydrogen) atoms. The quantitative estimate of drug-likeness (QED) is 0.176. The van der Waals surface area contributed by atoms with E-state index < -0.39 is 11.9 Å². The Hall–Kier alpha value is -2.32. The Kier molecular flexibility index (Phi) is 12.4. The lowest BCUT2D eigenvalue weighted by molar-refractivity contribution is 0.0685. The van der Waals surface area contributed by atoms with Gasteiger partial charge in [0.05, 0.1) is 6.61 Å². The number of carboxylic acid groups (broad SMARTS) is 2. The van der Waals surface area contributed by atoms with Crippen LogP contribution in [0.25, 0.3) is 21.0 Å². The van der Waals surface area contributed by atoms with Crippen LogP contribution in [0.5, 0.6) is 0 Å². The number of ether oxygens (including phenoxy) is 2. The molecule has 1 atom stereocenters. The van der Waals surface area contributed by atoms with Gasteiger partial charge >= 0.3 is 11.9 Å². The molecule has 6 rings (SSSR count). The summed E-state index contributed by atoms with van der Waals surface area (Å²) >= 11 is 7.94. The molecule has 0 aliphatic carbocycles. The molecule has 4 aromatic rings. The minimum atomic E-state index is -0.938. The van der Waals surface area contributed by atoms with E-state index in [-0.39, 0.29) is 5.69 Å². The third kappa shape index (κ3) is 10.3. The fraction of sp³-hybridized carbons (Fsp3) is 0.333. The summed E-state index contributed by atoms with van der Waals surface area (Å²) in [6, 6.07) is 15.4. The second kappa shape index (κ2) is 15.5. The number of rotatable bonds is 2. The number of fused-ring (bicyclic) bond motifs is 2. The van der Waals surface area contributed by atoms with Gasteiger partial charge in [0.15, 0.2) is 0 Å². The van der Waals surface area contributed by atoms with Crippen molar-refractivity contribution in [2.75, 3.05) is 26.4 Å². The molecule has 0 spiro atoms. The summed E-state index contributed by atoms with van der Waals surface area (Å²) in [6.45, 7) is 3.35. The number of halogens is 2. The molecule has 2 aliphatic heterocycles. The molecular weight excluding hydrogens is 654 g/mol. The molecule has 0 radical (unpaired) electrons. The number of aromatic nitrogens is 1. The molecular formula is C27H31Br2N3O6S. The van der Waals surface area contributed by atoms with Gasteiger partial charge in [0, 0.05) is 56.5 Å². The molecule has 0 saturated carbocycles. The van der Waals surface area contributed by atoms with E-state index in [9.17, 15) is 9.59 Å². The average Bonchev–Trinajstić information content (AvgIpc) is 3.65. The van der Waals surface area contributed by atoms with Gasteiger partial charge in [-0.25, -0.2) is 9.59 Å². The van der Waals surface area contributed by atoms with Gasteiger partial charge in [0.2, 0.25) is 0 Å². The summed E-state index contributed by atoms with van der Waals surface area (Å²) < 4.78 is 12.9. The number of aromatic carboxylic acids is 2. The first-order chi connectivity index (χ1) is 18.6. The molecule has 0 bridgehead atoms. The summed E-state index contributed by atoms with van der Waals surface area (Å²) in [4.78, 5) is 24.5. The number of benzene rings is 2. The highest BCUT2D eigenvalue weighted by atomic mass is 79.9. The number of carboxylic acids is 2. The Balaban J connectivity index is 0.000000151. The minimum Gasteiger partial charge on any atom is -0.477 e. The van der Waals surface area contributed by atoms with E-state index in [4.69, 9.17) is 31.2 Å². The van der Waals surface area contributed by atoms with E-state index in [1.807, 2.05) is 36.4 Å². The van der Waals surface area contributed by atoms with Gasteiger partial charge in [-0.3, -0.25) is 0 Å². The minimum absolute atomic E-state index is 0.216. The summed E-state index contributed by atoms with van der Waals surface area (Å²) in [5.74, 6) is -1.80. The van der Waals surface area contributed by atoms with Crippen LogP contribution in [0.1, 0.15) is 39.4 Å². The number of hydrogen-bond acceptors (Lipinski definition) is 7. The monoisotopic (exact) mass is 683 g/mol. The lowest BCUT2D eigenvalue weighted by Crippen LogP contribution is -2.28. The Labute approximate surface area is 246 Å². The van der Waals surface area contributed by atoms with Crippen molar-refractivity contribution in [2.45, 2.75) is 31.3 Å². The van der Waals surface area contributed by atoms with Crippen LogP contribution in [0.2, 0.25) is 0 Å². The first kappa shape index (κ1) is 31.2. The number of nitrogens with one attached hydrogen (secondary N) is 1. The number of carbonyl (C=O) groups is 2. The number of hydrogen-bond donors (Lipinski definition) is 5. The molecule has 210 valence electrons. The largest absolute Gasteiger partial charge is 0.477 e. The van der Waals surface area contributed by atoms with E-state index in [0.29, 0.717) is 17.0 Å². The summed E-state index contributed by atoms with van der Waals surface area (Å²) in [5.41, 5.74) is 12.0. The maximum atomic E-state index is 10.7. The number of nitrogens with two attached hydrogens (primary N) is 2. The molecule has 0 amide bonds.